The van der Waals surface area contributed by atoms with Gasteiger partial charge < -0.3 is 15.5 Å². The van der Waals surface area contributed by atoms with Crippen molar-refractivity contribution in [3.8, 4) is 0 Å². The molecule has 7 heteroatoms. The molecule has 0 radical (unpaired) electrons. The van der Waals surface area contributed by atoms with E-state index in [1.807, 2.05) is 28.0 Å². The van der Waals surface area contributed by atoms with Crippen LogP contribution in [0, 0.1) is 5.92 Å². The predicted octanol–water partition coefficient (Wildman–Crippen LogP) is 2.35. The Balaban J connectivity index is 0.00000261. The van der Waals surface area contributed by atoms with E-state index >= 15 is 0 Å². The zero-order valence-electron chi connectivity index (χ0n) is 15.7. The molecule has 2 fully saturated rings. The first-order valence-corrected chi connectivity index (χ1v) is 10.7. The molecule has 0 spiro atoms. The first kappa shape index (κ1) is 22.1. The molecule has 2 aliphatic heterocycles. The Bertz CT molecular complexity index is 611. The highest BCUT2D eigenvalue weighted by molar-refractivity contribution is 8.00. The maximum atomic E-state index is 12.6. The third-order valence-corrected chi connectivity index (χ3v) is 6.39. The number of hydrogen-bond donors (Lipinski definition) is 1. The molecule has 2 atom stereocenters. The van der Waals surface area contributed by atoms with Crippen LogP contribution in [-0.4, -0.2) is 65.8 Å². The predicted molar refractivity (Wildman–Crippen MR) is 113 cm³/mol. The molecule has 3 rings (SSSR count). The van der Waals surface area contributed by atoms with Gasteiger partial charge in [0.05, 0.1) is 11.5 Å². The van der Waals surface area contributed by atoms with E-state index in [-0.39, 0.29) is 24.2 Å². The van der Waals surface area contributed by atoms with E-state index in [1.54, 1.807) is 0 Å². The fourth-order valence-corrected chi connectivity index (χ4v) is 4.76. The summed E-state index contributed by atoms with van der Waals surface area (Å²) in [6.45, 7) is 3.78. The van der Waals surface area contributed by atoms with E-state index in [4.69, 9.17) is 5.73 Å². The van der Waals surface area contributed by atoms with Crippen LogP contribution in [0.3, 0.4) is 0 Å². The minimum absolute atomic E-state index is 0. The van der Waals surface area contributed by atoms with Gasteiger partial charge in [0.1, 0.15) is 0 Å². The number of nitrogens with zero attached hydrogens (tertiary/aromatic N) is 2. The highest BCUT2D eigenvalue weighted by Crippen LogP contribution is 2.32. The standard InChI is InChI=1S/C20H29N3O2S.ClH/c21-11-17-12-23(13-18(17)16-7-3-1-4-8-16)20(25)15-26-14-19(24)22-9-5-2-6-10-22;/h1,3-4,7-8,17-18H,2,5-6,9-15,21H2;1H/t17-,18+;/m1./s1. The summed E-state index contributed by atoms with van der Waals surface area (Å²) < 4.78 is 0. The second-order valence-corrected chi connectivity index (χ2v) is 8.23. The van der Waals surface area contributed by atoms with Gasteiger partial charge in [-0.15, -0.1) is 24.2 Å². The van der Waals surface area contributed by atoms with Crippen LogP contribution in [0.15, 0.2) is 30.3 Å². The lowest BCUT2D eigenvalue weighted by Gasteiger charge is -2.26. The zero-order chi connectivity index (χ0) is 18.4. The number of thioether (sulfide) groups is 1. The lowest BCUT2D eigenvalue weighted by molar-refractivity contribution is -0.129. The van der Waals surface area contributed by atoms with Crippen LogP contribution < -0.4 is 5.73 Å². The zero-order valence-corrected chi connectivity index (χ0v) is 17.4. The van der Waals surface area contributed by atoms with Gasteiger partial charge in [-0.3, -0.25) is 9.59 Å². The Morgan fingerprint density at radius 1 is 0.963 bits per heavy atom. The average Bonchev–Trinajstić information content (AvgIpc) is 3.14. The summed E-state index contributed by atoms with van der Waals surface area (Å²) in [7, 11) is 0. The molecular weight excluding hydrogens is 382 g/mol. The van der Waals surface area contributed by atoms with Crippen molar-refractivity contribution >= 4 is 36.0 Å². The van der Waals surface area contributed by atoms with Gasteiger partial charge in [0.2, 0.25) is 11.8 Å². The molecular formula is C20H30ClN3O2S. The van der Waals surface area contributed by atoms with Crippen molar-refractivity contribution in [2.45, 2.75) is 25.2 Å². The van der Waals surface area contributed by atoms with Crippen molar-refractivity contribution in [3.63, 3.8) is 0 Å². The molecule has 2 saturated heterocycles. The largest absolute Gasteiger partial charge is 0.342 e. The van der Waals surface area contributed by atoms with Crippen molar-refractivity contribution in [1.29, 1.82) is 0 Å². The van der Waals surface area contributed by atoms with Gasteiger partial charge in [0.15, 0.2) is 0 Å². The SMILES string of the molecule is Cl.NC[C@@H]1CN(C(=O)CSCC(=O)N2CCCCC2)C[C@H]1c1ccccc1. The fourth-order valence-electron chi connectivity index (χ4n) is 3.94. The monoisotopic (exact) mass is 411 g/mol. The molecule has 150 valence electrons. The molecule has 2 heterocycles. The van der Waals surface area contributed by atoms with Crippen LogP contribution >= 0.6 is 24.2 Å². The number of nitrogens with two attached hydrogens (primary N) is 1. The van der Waals surface area contributed by atoms with E-state index in [0.717, 1.165) is 39.0 Å². The molecule has 1 aromatic rings. The Kier molecular flexibility index (Phi) is 8.93. The first-order valence-electron chi connectivity index (χ1n) is 9.57. The molecule has 0 aromatic heterocycles. The summed E-state index contributed by atoms with van der Waals surface area (Å²) >= 11 is 1.44. The smallest absolute Gasteiger partial charge is 0.232 e. The van der Waals surface area contributed by atoms with Crippen LogP contribution in [-0.2, 0) is 9.59 Å². The van der Waals surface area contributed by atoms with E-state index in [9.17, 15) is 9.59 Å². The third kappa shape index (κ3) is 5.87. The average molecular weight is 412 g/mol. The molecule has 0 bridgehead atoms. The molecule has 0 unspecified atom stereocenters. The van der Waals surface area contributed by atoms with Gasteiger partial charge >= 0.3 is 0 Å². The van der Waals surface area contributed by atoms with Gasteiger partial charge in [-0.05, 0) is 37.3 Å². The molecule has 2 aliphatic rings. The summed E-state index contributed by atoms with van der Waals surface area (Å²) in [6, 6.07) is 10.3. The topological polar surface area (TPSA) is 66.6 Å². The molecule has 2 amide bonds. The Labute approximate surface area is 172 Å². The number of piperidine rings is 1. The maximum Gasteiger partial charge on any atom is 0.232 e. The van der Waals surface area contributed by atoms with Gasteiger partial charge in [-0.2, -0.15) is 0 Å². The molecule has 2 N–H and O–H groups in total. The number of carbonyl (C=O) groups is 2. The number of hydrogen-bond acceptors (Lipinski definition) is 4. The Morgan fingerprint density at radius 3 is 2.22 bits per heavy atom. The van der Waals surface area contributed by atoms with Crippen LogP contribution in [0.5, 0.6) is 0 Å². The van der Waals surface area contributed by atoms with E-state index in [2.05, 4.69) is 12.1 Å². The quantitative estimate of drug-likeness (QED) is 0.780. The van der Waals surface area contributed by atoms with Crippen molar-refractivity contribution in [2.24, 2.45) is 11.7 Å². The summed E-state index contributed by atoms with van der Waals surface area (Å²) in [5.41, 5.74) is 7.21. The van der Waals surface area contributed by atoms with Crippen molar-refractivity contribution in [3.05, 3.63) is 35.9 Å². The second kappa shape index (κ2) is 10.9. The number of rotatable bonds is 6. The number of likely N-dealkylation sites (tertiary alicyclic amines) is 2. The lowest BCUT2D eigenvalue weighted by atomic mass is 9.89. The summed E-state index contributed by atoms with van der Waals surface area (Å²) in [5.74, 6) is 1.69. The normalized spacial score (nSPS) is 22.4. The minimum Gasteiger partial charge on any atom is -0.342 e. The number of amides is 2. The van der Waals surface area contributed by atoms with Gasteiger partial charge in [0, 0.05) is 32.1 Å². The van der Waals surface area contributed by atoms with Gasteiger partial charge in [-0.1, -0.05) is 30.3 Å². The second-order valence-electron chi connectivity index (χ2n) is 7.25. The Morgan fingerprint density at radius 2 is 1.59 bits per heavy atom. The van der Waals surface area contributed by atoms with E-state index < -0.39 is 0 Å². The summed E-state index contributed by atoms with van der Waals surface area (Å²) in [5, 5.41) is 0. The highest BCUT2D eigenvalue weighted by atomic mass is 35.5. The molecule has 1 aromatic carbocycles. The van der Waals surface area contributed by atoms with Gasteiger partial charge in [-0.25, -0.2) is 0 Å². The van der Waals surface area contributed by atoms with Crippen molar-refractivity contribution in [1.82, 2.24) is 9.80 Å². The molecule has 27 heavy (non-hydrogen) atoms. The number of carbonyl (C=O) groups excluding carboxylic acids is 2. The van der Waals surface area contributed by atoms with Crippen molar-refractivity contribution < 1.29 is 9.59 Å². The molecule has 5 nitrogen and oxygen atoms in total. The maximum absolute atomic E-state index is 12.6. The lowest BCUT2D eigenvalue weighted by Crippen LogP contribution is -2.37. The molecule has 0 saturated carbocycles. The third-order valence-electron chi connectivity index (χ3n) is 5.48. The van der Waals surface area contributed by atoms with E-state index in [0.29, 0.717) is 29.9 Å². The van der Waals surface area contributed by atoms with Crippen LogP contribution in [0.4, 0.5) is 0 Å². The number of halogens is 1. The summed E-state index contributed by atoms with van der Waals surface area (Å²) in [6.07, 6.45) is 3.42. The van der Waals surface area contributed by atoms with Crippen LogP contribution in [0.1, 0.15) is 30.7 Å². The fraction of sp³-hybridized carbons (Fsp3) is 0.600. The van der Waals surface area contributed by atoms with Crippen molar-refractivity contribution in [2.75, 3.05) is 44.2 Å². The number of benzene rings is 1. The minimum atomic E-state index is 0. The van der Waals surface area contributed by atoms with E-state index in [1.165, 1.54) is 23.7 Å². The first-order chi connectivity index (χ1) is 12.7. The summed E-state index contributed by atoms with van der Waals surface area (Å²) in [4.78, 5) is 28.6. The highest BCUT2D eigenvalue weighted by Gasteiger charge is 2.35. The van der Waals surface area contributed by atoms with Crippen LogP contribution in [0.25, 0.3) is 0 Å². The van der Waals surface area contributed by atoms with Crippen LogP contribution in [0.2, 0.25) is 0 Å². The van der Waals surface area contributed by atoms with Gasteiger partial charge in [0.25, 0.3) is 0 Å². The molecule has 0 aliphatic carbocycles. The Hall–Kier alpha value is -1.24.